The van der Waals surface area contributed by atoms with Crippen molar-refractivity contribution in [1.29, 1.82) is 0 Å². The van der Waals surface area contributed by atoms with E-state index in [1.807, 2.05) is 56.3 Å². The SMILES string of the molecule is CC(C)(N)CNC(=O)c1cccc(OCc2ccccc2)c1.Cl. The lowest BCUT2D eigenvalue weighted by atomic mass is 10.1. The number of hydrogen-bond acceptors (Lipinski definition) is 3. The zero-order valence-corrected chi connectivity index (χ0v) is 14.2. The van der Waals surface area contributed by atoms with Crippen molar-refractivity contribution in [2.75, 3.05) is 6.54 Å². The van der Waals surface area contributed by atoms with E-state index >= 15 is 0 Å². The van der Waals surface area contributed by atoms with Gasteiger partial charge < -0.3 is 15.8 Å². The van der Waals surface area contributed by atoms with Crippen LogP contribution < -0.4 is 15.8 Å². The summed E-state index contributed by atoms with van der Waals surface area (Å²) < 4.78 is 5.72. The Morgan fingerprint density at radius 2 is 1.83 bits per heavy atom. The van der Waals surface area contributed by atoms with Crippen molar-refractivity contribution in [2.24, 2.45) is 5.73 Å². The fourth-order valence-electron chi connectivity index (χ4n) is 1.88. The second-order valence-electron chi connectivity index (χ2n) is 5.97. The molecular formula is C18H23ClN2O2. The smallest absolute Gasteiger partial charge is 0.251 e. The summed E-state index contributed by atoms with van der Waals surface area (Å²) in [6.07, 6.45) is 0. The summed E-state index contributed by atoms with van der Waals surface area (Å²) in [6.45, 7) is 4.63. The number of halogens is 1. The van der Waals surface area contributed by atoms with E-state index in [9.17, 15) is 4.79 Å². The molecule has 2 aromatic carbocycles. The zero-order chi connectivity index (χ0) is 16.0. The van der Waals surface area contributed by atoms with Gasteiger partial charge in [-0.25, -0.2) is 0 Å². The van der Waals surface area contributed by atoms with Gasteiger partial charge in [0.25, 0.3) is 5.91 Å². The van der Waals surface area contributed by atoms with Crippen LogP contribution in [0, 0.1) is 0 Å². The lowest BCUT2D eigenvalue weighted by Crippen LogP contribution is -2.45. The molecule has 0 aliphatic carbocycles. The van der Waals surface area contributed by atoms with Crippen molar-refractivity contribution in [3.63, 3.8) is 0 Å². The Labute approximate surface area is 143 Å². The minimum Gasteiger partial charge on any atom is -0.489 e. The third kappa shape index (κ3) is 6.72. The molecule has 0 spiro atoms. The second kappa shape index (κ2) is 8.56. The average molecular weight is 335 g/mol. The molecule has 0 unspecified atom stereocenters. The van der Waals surface area contributed by atoms with Crippen molar-refractivity contribution < 1.29 is 9.53 Å². The molecule has 0 aliphatic rings. The largest absolute Gasteiger partial charge is 0.489 e. The summed E-state index contributed by atoms with van der Waals surface area (Å²) in [7, 11) is 0. The number of carbonyl (C=O) groups is 1. The quantitative estimate of drug-likeness (QED) is 0.853. The van der Waals surface area contributed by atoms with Gasteiger partial charge in [0.15, 0.2) is 0 Å². The first-order valence-corrected chi connectivity index (χ1v) is 7.28. The summed E-state index contributed by atoms with van der Waals surface area (Å²) in [4.78, 5) is 12.1. The highest BCUT2D eigenvalue weighted by Crippen LogP contribution is 2.15. The van der Waals surface area contributed by atoms with E-state index in [2.05, 4.69) is 5.32 Å². The molecule has 0 fully saturated rings. The molecule has 0 saturated heterocycles. The maximum absolute atomic E-state index is 12.1. The molecule has 124 valence electrons. The molecule has 0 atom stereocenters. The number of nitrogens with one attached hydrogen (secondary N) is 1. The van der Waals surface area contributed by atoms with E-state index in [0.29, 0.717) is 24.5 Å². The molecule has 0 radical (unpaired) electrons. The fourth-order valence-corrected chi connectivity index (χ4v) is 1.88. The molecule has 2 aromatic rings. The van der Waals surface area contributed by atoms with E-state index in [1.165, 1.54) is 0 Å². The molecule has 0 saturated carbocycles. The van der Waals surface area contributed by atoms with Crippen LogP contribution in [0.2, 0.25) is 0 Å². The van der Waals surface area contributed by atoms with Crippen LogP contribution in [0.4, 0.5) is 0 Å². The first-order valence-electron chi connectivity index (χ1n) is 7.28. The molecule has 2 rings (SSSR count). The van der Waals surface area contributed by atoms with Gasteiger partial charge in [-0.1, -0.05) is 36.4 Å². The molecule has 0 heterocycles. The maximum Gasteiger partial charge on any atom is 0.251 e. The highest BCUT2D eigenvalue weighted by atomic mass is 35.5. The van der Waals surface area contributed by atoms with Gasteiger partial charge in [-0.3, -0.25) is 4.79 Å². The topological polar surface area (TPSA) is 64.3 Å². The lowest BCUT2D eigenvalue weighted by molar-refractivity contribution is 0.0945. The summed E-state index contributed by atoms with van der Waals surface area (Å²) in [5, 5.41) is 2.82. The van der Waals surface area contributed by atoms with Crippen LogP contribution in [0.3, 0.4) is 0 Å². The van der Waals surface area contributed by atoms with Gasteiger partial charge in [0, 0.05) is 17.6 Å². The molecule has 3 N–H and O–H groups in total. The maximum atomic E-state index is 12.1. The van der Waals surface area contributed by atoms with Gasteiger partial charge in [0.2, 0.25) is 0 Å². The number of carbonyl (C=O) groups excluding carboxylic acids is 1. The highest BCUT2D eigenvalue weighted by molar-refractivity contribution is 5.94. The van der Waals surface area contributed by atoms with Crippen LogP contribution in [0.25, 0.3) is 0 Å². The average Bonchev–Trinajstić information content (AvgIpc) is 2.51. The predicted molar refractivity (Wildman–Crippen MR) is 95.1 cm³/mol. The predicted octanol–water partition coefficient (Wildman–Crippen LogP) is 3.15. The van der Waals surface area contributed by atoms with Crippen LogP contribution in [0.1, 0.15) is 29.8 Å². The van der Waals surface area contributed by atoms with Gasteiger partial charge in [-0.2, -0.15) is 0 Å². The number of benzene rings is 2. The van der Waals surface area contributed by atoms with Gasteiger partial charge in [-0.05, 0) is 37.6 Å². The molecule has 0 aromatic heterocycles. The van der Waals surface area contributed by atoms with Crippen LogP contribution in [0.15, 0.2) is 54.6 Å². The molecule has 5 heteroatoms. The second-order valence-corrected chi connectivity index (χ2v) is 5.97. The number of nitrogens with two attached hydrogens (primary N) is 1. The number of hydrogen-bond donors (Lipinski definition) is 2. The van der Waals surface area contributed by atoms with E-state index in [-0.39, 0.29) is 18.3 Å². The standard InChI is InChI=1S/C18H22N2O2.ClH/c1-18(2,19)13-20-17(21)15-9-6-10-16(11-15)22-12-14-7-4-3-5-8-14;/h3-11H,12-13,19H2,1-2H3,(H,20,21);1H. The third-order valence-electron chi connectivity index (χ3n) is 3.05. The Morgan fingerprint density at radius 3 is 2.48 bits per heavy atom. The fraction of sp³-hybridized carbons (Fsp3) is 0.278. The molecular weight excluding hydrogens is 312 g/mol. The third-order valence-corrected chi connectivity index (χ3v) is 3.05. The van der Waals surface area contributed by atoms with Crippen molar-refractivity contribution >= 4 is 18.3 Å². The van der Waals surface area contributed by atoms with E-state index in [1.54, 1.807) is 12.1 Å². The molecule has 0 bridgehead atoms. The molecule has 4 nitrogen and oxygen atoms in total. The monoisotopic (exact) mass is 334 g/mol. The normalized spacial score (nSPS) is 10.6. The minimum atomic E-state index is -0.433. The van der Waals surface area contributed by atoms with Gasteiger partial charge in [-0.15, -0.1) is 12.4 Å². The summed E-state index contributed by atoms with van der Waals surface area (Å²) in [6, 6.07) is 17.0. The van der Waals surface area contributed by atoms with E-state index in [4.69, 9.17) is 10.5 Å². The Morgan fingerprint density at radius 1 is 1.13 bits per heavy atom. The molecule has 1 amide bonds. The van der Waals surface area contributed by atoms with Gasteiger partial charge in [0.05, 0.1) is 0 Å². The lowest BCUT2D eigenvalue weighted by Gasteiger charge is -2.19. The Kier molecular flexibility index (Phi) is 7.07. The van der Waals surface area contributed by atoms with Gasteiger partial charge in [0.1, 0.15) is 12.4 Å². The van der Waals surface area contributed by atoms with Crippen molar-refractivity contribution in [2.45, 2.75) is 26.0 Å². The van der Waals surface area contributed by atoms with Gasteiger partial charge >= 0.3 is 0 Å². The van der Waals surface area contributed by atoms with E-state index in [0.717, 1.165) is 5.56 Å². The number of amides is 1. The molecule has 23 heavy (non-hydrogen) atoms. The van der Waals surface area contributed by atoms with E-state index < -0.39 is 5.54 Å². The van der Waals surface area contributed by atoms with Crippen molar-refractivity contribution in [3.05, 3.63) is 65.7 Å². The first-order chi connectivity index (χ1) is 10.4. The minimum absolute atomic E-state index is 0. The van der Waals surface area contributed by atoms with Crippen LogP contribution >= 0.6 is 12.4 Å². The summed E-state index contributed by atoms with van der Waals surface area (Å²) in [5.41, 5.74) is 7.08. The van der Waals surface area contributed by atoms with Crippen LogP contribution in [-0.4, -0.2) is 18.0 Å². The van der Waals surface area contributed by atoms with Crippen molar-refractivity contribution in [3.8, 4) is 5.75 Å². The molecule has 0 aliphatic heterocycles. The number of ether oxygens (including phenoxy) is 1. The van der Waals surface area contributed by atoms with Crippen LogP contribution in [0.5, 0.6) is 5.75 Å². The summed E-state index contributed by atoms with van der Waals surface area (Å²) >= 11 is 0. The zero-order valence-electron chi connectivity index (χ0n) is 13.4. The Bertz CT molecular complexity index is 624. The van der Waals surface area contributed by atoms with Crippen LogP contribution in [-0.2, 0) is 6.61 Å². The summed E-state index contributed by atoms with van der Waals surface area (Å²) in [5.74, 6) is 0.521. The van der Waals surface area contributed by atoms with Crippen molar-refractivity contribution in [1.82, 2.24) is 5.32 Å². The highest BCUT2D eigenvalue weighted by Gasteiger charge is 2.13. The Hall–Kier alpha value is -2.04. The number of rotatable bonds is 6. The Balaban J connectivity index is 0.00000264. The first kappa shape index (κ1) is 19.0.